The molecule has 0 aromatic heterocycles. The molecule has 4 rings (SSSR count). The van der Waals surface area contributed by atoms with Crippen LogP contribution in [0.25, 0.3) is 0 Å². The molecule has 0 saturated heterocycles. The highest BCUT2D eigenvalue weighted by Gasteiger charge is 2.25. The Labute approximate surface area is 191 Å². The van der Waals surface area contributed by atoms with Crippen LogP contribution >= 0.6 is 11.6 Å². The predicted octanol–water partition coefficient (Wildman–Crippen LogP) is 5.10. The van der Waals surface area contributed by atoms with Crippen molar-refractivity contribution in [3.8, 4) is 11.5 Å². The van der Waals surface area contributed by atoms with Gasteiger partial charge in [-0.15, -0.1) is 0 Å². The molecule has 0 atom stereocenters. The van der Waals surface area contributed by atoms with Crippen LogP contribution in [0, 0.1) is 6.92 Å². The van der Waals surface area contributed by atoms with Gasteiger partial charge in [0.25, 0.3) is 11.8 Å². The summed E-state index contributed by atoms with van der Waals surface area (Å²) in [6.07, 6.45) is 0.651. The van der Waals surface area contributed by atoms with Crippen LogP contribution in [0.1, 0.15) is 22.3 Å². The molecule has 7 heteroatoms. The Morgan fingerprint density at radius 3 is 2.78 bits per heavy atom. The Balaban J connectivity index is 1.43. The Morgan fingerprint density at radius 1 is 1.12 bits per heavy atom. The van der Waals surface area contributed by atoms with Gasteiger partial charge < -0.3 is 19.7 Å². The molecule has 0 aliphatic carbocycles. The van der Waals surface area contributed by atoms with Crippen LogP contribution in [-0.4, -0.2) is 31.6 Å². The molecule has 1 heterocycles. The van der Waals surface area contributed by atoms with E-state index < -0.39 is 0 Å². The maximum Gasteiger partial charge on any atom is 0.265 e. The number of hydrogen-bond donors (Lipinski definition) is 1. The molecule has 0 bridgehead atoms. The zero-order valence-electron chi connectivity index (χ0n) is 17.6. The van der Waals surface area contributed by atoms with Gasteiger partial charge in [0.2, 0.25) is 0 Å². The first kappa shape index (κ1) is 21.7. The summed E-state index contributed by atoms with van der Waals surface area (Å²) in [5.41, 5.74) is 2.77. The third-order valence-corrected chi connectivity index (χ3v) is 5.27. The number of rotatable bonds is 7. The van der Waals surface area contributed by atoms with Gasteiger partial charge in [-0.25, -0.2) is 0 Å². The van der Waals surface area contributed by atoms with Crippen molar-refractivity contribution in [2.45, 2.75) is 13.3 Å². The predicted molar refractivity (Wildman–Crippen MR) is 125 cm³/mol. The van der Waals surface area contributed by atoms with Crippen LogP contribution in [0.4, 0.5) is 11.4 Å². The molecule has 1 aliphatic rings. The molecule has 0 radical (unpaired) electrons. The van der Waals surface area contributed by atoms with Crippen LogP contribution in [0.3, 0.4) is 0 Å². The van der Waals surface area contributed by atoms with Gasteiger partial charge in [-0.3, -0.25) is 9.59 Å². The molecule has 3 aromatic carbocycles. The van der Waals surface area contributed by atoms with Crippen molar-refractivity contribution < 1.29 is 19.1 Å². The summed E-state index contributed by atoms with van der Waals surface area (Å²) in [4.78, 5) is 26.7. The van der Waals surface area contributed by atoms with Crippen molar-refractivity contribution in [1.29, 1.82) is 0 Å². The summed E-state index contributed by atoms with van der Waals surface area (Å²) >= 11 is 5.98. The lowest BCUT2D eigenvalue weighted by molar-refractivity contribution is -0.121. The maximum atomic E-state index is 12.6. The zero-order valence-corrected chi connectivity index (χ0v) is 18.4. The molecule has 1 N–H and O–H groups in total. The monoisotopic (exact) mass is 450 g/mol. The van der Waals surface area contributed by atoms with Gasteiger partial charge in [-0.05, 0) is 67.4 Å². The maximum absolute atomic E-state index is 12.6. The molecule has 0 saturated carbocycles. The fraction of sp³-hybridized carbons (Fsp3) is 0.200. The Kier molecular flexibility index (Phi) is 6.61. The number of fused-ring (bicyclic) bond motifs is 1. The molecule has 0 fully saturated rings. The fourth-order valence-corrected chi connectivity index (χ4v) is 3.67. The summed E-state index contributed by atoms with van der Waals surface area (Å²) in [6, 6.07) is 19.8. The number of nitrogens with one attached hydrogen (secondary N) is 1. The minimum absolute atomic E-state index is 0.0139. The summed E-state index contributed by atoms with van der Waals surface area (Å²) in [5, 5.41) is 3.34. The first-order valence-electron chi connectivity index (χ1n) is 10.3. The topological polar surface area (TPSA) is 67.9 Å². The third kappa shape index (κ3) is 5.21. The highest BCUT2D eigenvalue weighted by molar-refractivity contribution is 6.31. The first-order valence-corrected chi connectivity index (χ1v) is 10.7. The lowest BCUT2D eigenvalue weighted by atomic mass is 10.1. The molecule has 0 spiro atoms. The minimum Gasteiger partial charge on any atom is -0.494 e. The van der Waals surface area contributed by atoms with Gasteiger partial charge in [-0.1, -0.05) is 29.8 Å². The lowest BCUT2D eigenvalue weighted by Crippen LogP contribution is -2.39. The third-order valence-electron chi connectivity index (χ3n) is 5.03. The van der Waals surface area contributed by atoms with E-state index in [1.165, 1.54) is 0 Å². The number of hydrogen-bond acceptors (Lipinski definition) is 4. The molecule has 164 valence electrons. The van der Waals surface area contributed by atoms with Crippen molar-refractivity contribution in [2.75, 3.05) is 30.0 Å². The van der Waals surface area contributed by atoms with Crippen LogP contribution < -0.4 is 19.7 Å². The van der Waals surface area contributed by atoms with Crippen LogP contribution in [0.15, 0.2) is 66.7 Å². The van der Waals surface area contributed by atoms with Gasteiger partial charge in [0.1, 0.15) is 11.5 Å². The van der Waals surface area contributed by atoms with Crippen molar-refractivity contribution in [3.63, 3.8) is 0 Å². The summed E-state index contributed by atoms with van der Waals surface area (Å²) < 4.78 is 11.4. The van der Waals surface area contributed by atoms with Gasteiger partial charge in [0.05, 0.1) is 12.3 Å². The molecule has 2 amide bonds. The Morgan fingerprint density at radius 2 is 1.97 bits per heavy atom. The average Bonchev–Trinajstić information content (AvgIpc) is 2.78. The van der Waals surface area contributed by atoms with Crippen molar-refractivity contribution in [3.05, 3.63) is 82.9 Å². The van der Waals surface area contributed by atoms with E-state index in [9.17, 15) is 9.59 Å². The van der Waals surface area contributed by atoms with Crippen LogP contribution in [0.2, 0.25) is 5.02 Å². The second-order valence-electron chi connectivity index (χ2n) is 7.50. The summed E-state index contributed by atoms with van der Waals surface area (Å²) in [5.74, 6) is 0.995. The zero-order chi connectivity index (χ0) is 22.5. The number of carbonyl (C=O) groups excluding carboxylic acids is 2. The van der Waals surface area contributed by atoms with E-state index in [2.05, 4.69) is 5.32 Å². The van der Waals surface area contributed by atoms with Gasteiger partial charge >= 0.3 is 0 Å². The quantitative estimate of drug-likeness (QED) is 0.509. The molecule has 0 unspecified atom stereocenters. The molecular formula is C25H23ClN2O4. The molecule has 32 heavy (non-hydrogen) atoms. The number of ether oxygens (including phenoxy) is 2. The molecule has 6 nitrogen and oxygen atoms in total. The van der Waals surface area contributed by atoms with E-state index in [1.54, 1.807) is 47.4 Å². The normalized spacial score (nSPS) is 12.7. The van der Waals surface area contributed by atoms with Crippen molar-refractivity contribution >= 4 is 34.8 Å². The molecular weight excluding hydrogens is 428 g/mol. The highest BCUT2D eigenvalue weighted by Crippen LogP contribution is 2.35. The number of halogens is 1. The number of carbonyl (C=O) groups is 2. The van der Waals surface area contributed by atoms with Gasteiger partial charge in [0.15, 0.2) is 6.61 Å². The van der Waals surface area contributed by atoms with Crippen molar-refractivity contribution in [1.82, 2.24) is 0 Å². The van der Waals surface area contributed by atoms with E-state index in [1.807, 2.05) is 31.2 Å². The van der Waals surface area contributed by atoms with E-state index in [-0.39, 0.29) is 18.4 Å². The molecule has 3 aromatic rings. The smallest absolute Gasteiger partial charge is 0.265 e. The number of amides is 2. The Hall–Kier alpha value is -3.51. The van der Waals surface area contributed by atoms with Crippen LogP contribution in [0.5, 0.6) is 11.5 Å². The van der Waals surface area contributed by atoms with E-state index in [0.29, 0.717) is 47.3 Å². The largest absolute Gasteiger partial charge is 0.494 e. The SMILES string of the molecule is Cc1cccc(OCCCN2C(=O)COc3ccc(NC(=O)c4cccc(Cl)c4)cc32)c1. The van der Waals surface area contributed by atoms with Crippen LogP contribution in [-0.2, 0) is 4.79 Å². The Bertz CT molecular complexity index is 1150. The van der Waals surface area contributed by atoms with Gasteiger partial charge in [-0.2, -0.15) is 0 Å². The second kappa shape index (κ2) is 9.75. The standard InChI is InChI=1S/C25H23ClN2O4/c1-17-5-2-8-21(13-17)31-12-4-11-28-22-15-20(9-10-23(22)32-16-24(28)29)27-25(30)18-6-3-7-19(26)14-18/h2-3,5-10,13-15H,4,11-12,16H2,1H3,(H,27,30). The molecule has 1 aliphatic heterocycles. The number of anilines is 2. The average molecular weight is 451 g/mol. The lowest BCUT2D eigenvalue weighted by Gasteiger charge is -2.30. The minimum atomic E-state index is -0.284. The van der Waals surface area contributed by atoms with Crippen molar-refractivity contribution in [2.24, 2.45) is 0 Å². The summed E-state index contributed by atoms with van der Waals surface area (Å²) in [6.45, 7) is 2.96. The van der Waals surface area contributed by atoms with Gasteiger partial charge in [0, 0.05) is 22.8 Å². The van der Waals surface area contributed by atoms with E-state index in [0.717, 1.165) is 11.3 Å². The van der Waals surface area contributed by atoms with E-state index in [4.69, 9.17) is 21.1 Å². The fourth-order valence-electron chi connectivity index (χ4n) is 3.48. The number of nitrogens with zero attached hydrogens (tertiary/aromatic N) is 1. The number of aryl methyl sites for hydroxylation is 1. The number of benzene rings is 3. The second-order valence-corrected chi connectivity index (χ2v) is 7.94. The first-order chi connectivity index (χ1) is 15.5. The van der Waals surface area contributed by atoms with E-state index >= 15 is 0 Å². The highest BCUT2D eigenvalue weighted by atomic mass is 35.5. The summed E-state index contributed by atoms with van der Waals surface area (Å²) in [7, 11) is 0.